The van der Waals surface area contributed by atoms with Gasteiger partial charge >= 0.3 is 0 Å². The largest absolute Gasteiger partial charge is 0.497 e. The second kappa shape index (κ2) is 9.14. The summed E-state index contributed by atoms with van der Waals surface area (Å²) in [6, 6.07) is 16.3. The number of hydrogen-bond acceptors (Lipinski definition) is 5. The molecule has 4 rings (SSSR count). The number of piperidine rings is 1. The number of likely N-dealkylation sites (tertiary alicyclic amines) is 1. The van der Waals surface area contributed by atoms with Crippen molar-refractivity contribution in [3.8, 4) is 23.0 Å². The van der Waals surface area contributed by atoms with Crippen molar-refractivity contribution in [3.05, 3.63) is 66.1 Å². The van der Waals surface area contributed by atoms with E-state index in [1.54, 1.807) is 20.5 Å². The summed E-state index contributed by atoms with van der Waals surface area (Å²) in [5.74, 6) is 3.16. The maximum atomic E-state index is 5.70. The minimum Gasteiger partial charge on any atom is -0.497 e. The number of ether oxygens (including phenoxy) is 2. The van der Waals surface area contributed by atoms with Crippen molar-refractivity contribution >= 4 is 0 Å². The Bertz CT molecular complexity index is 895. The van der Waals surface area contributed by atoms with Crippen LogP contribution in [0, 0.1) is 5.92 Å². The monoisotopic (exact) mass is 392 g/mol. The zero-order valence-electron chi connectivity index (χ0n) is 17.1. The Labute approximate surface area is 172 Å². The molecule has 1 fully saturated rings. The van der Waals surface area contributed by atoms with E-state index < -0.39 is 0 Å². The Morgan fingerprint density at radius 3 is 2.17 bits per heavy atom. The molecule has 3 aromatic rings. The summed E-state index contributed by atoms with van der Waals surface area (Å²) in [6.07, 6.45) is 5.36. The van der Waals surface area contributed by atoms with Crippen LogP contribution in [0.4, 0.5) is 0 Å². The molecule has 0 spiro atoms. The van der Waals surface area contributed by atoms with Crippen LogP contribution in [0.25, 0.3) is 11.5 Å². The van der Waals surface area contributed by atoms with Gasteiger partial charge in [-0.1, -0.05) is 12.1 Å². The van der Waals surface area contributed by atoms with Crippen LogP contribution in [0.5, 0.6) is 11.5 Å². The van der Waals surface area contributed by atoms with Gasteiger partial charge < -0.3 is 13.9 Å². The van der Waals surface area contributed by atoms with Crippen molar-refractivity contribution < 1.29 is 13.9 Å². The van der Waals surface area contributed by atoms with Gasteiger partial charge in [-0.25, -0.2) is 4.98 Å². The van der Waals surface area contributed by atoms with Gasteiger partial charge in [-0.3, -0.25) is 4.90 Å². The first-order valence-corrected chi connectivity index (χ1v) is 10.2. The van der Waals surface area contributed by atoms with Gasteiger partial charge in [-0.15, -0.1) is 0 Å². The Balaban J connectivity index is 1.27. The molecule has 0 atom stereocenters. The highest BCUT2D eigenvalue weighted by atomic mass is 16.5. The second-order valence-corrected chi connectivity index (χ2v) is 7.64. The van der Waals surface area contributed by atoms with Crippen LogP contribution >= 0.6 is 0 Å². The van der Waals surface area contributed by atoms with E-state index in [9.17, 15) is 0 Å². The molecule has 1 saturated heterocycles. The summed E-state index contributed by atoms with van der Waals surface area (Å²) in [6.45, 7) is 3.05. The smallest absolute Gasteiger partial charge is 0.226 e. The SMILES string of the molecule is COc1ccc(CC2CCN(Cc3coc(-c4ccc(OC)cc4)n3)CC2)cc1. The Morgan fingerprint density at radius 2 is 1.55 bits per heavy atom. The summed E-state index contributed by atoms with van der Waals surface area (Å²) < 4.78 is 16.1. The third-order valence-corrected chi connectivity index (χ3v) is 5.66. The molecule has 0 radical (unpaired) electrons. The van der Waals surface area contributed by atoms with E-state index in [1.807, 2.05) is 24.3 Å². The zero-order chi connectivity index (χ0) is 20.1. The maximum absolute atomic E-state index is 5.70. The highest BCUT2D eigenvalue weighted by molar-refractivity contribution is 5.54. The fourth-order valence-electron chi connectivity index (χ4n) is 3.92. The Morgan fingerprint density at radius 1 is 0.931 bits per heavy atom. The summed E-state index contributed by atoms with van der Waals surface area (Å²) >= 11 is 0. The normalized spacial score (nSPS) is 15.4. The minimum atomic E-state index is 0.664. The van der Waals surface area contributed by atoms with Gasteiger partial charge in [0.15, 0.2) is 0 Å². The van der Waals surface area contributed by atoms with Crippen LogP contribution in [-0.4, -0.2) is 37.2 Å². The van der Waals surface area contributed by atoms with Gasteiger partial charge in [0.1, 0.15) is 17.8 Å². The molecule has 29 heavy (non-hydrogen) atoms. The van der Waals surface area contributed by atoms with Crippen LogP contribution in [-0.2, 0) is 13.0 Å². The van der Waals surface area contributed by atoms with Gasteiger partial charge in [0.2, 0.25) is 5.89 Å². The number of hydrogen-bond donors (Lipinski definition) is 0. The average molecular weight is 392 g/mol. The van der Waals surface area contributed by atoms with Crippen molar-refractivity contribution in [1.29, 1.82) is 0 Å². The highest BCUT2D eigenvalue weighted by Crippen LogP contribution is 2.25. The van der Waals surface area contributed by atoms with E-state index in [-0.39, 0.29) is 0 Å². The molecule has 1 aliphatic rings. The van der Waals surface area contributed by atoms with Crippen LogP contribution in [0.15, 0.2) is 59.2 Å². The lowest BCUT2D eigenvalue weighted by Gasteiger charge is -2.31. The number of oxazole rings is 1. The summed E-state index contributed by atoms with van der Waals surface area (Å²) in [7, 11) is 3.37. The molecule has 0 unspecified atom stereocenters. The number of benzene rings is 2. The second-order valence-electron chi connectivity index (χ2n) is 7.64. The number of rotatable bonds is 7. The van der Waals surface area contributed by atoms with Crippen molar-refractivity contribution in [2.45, 2.75) is 25.8 Å². The third kappa shape index (κ3) is 4.98. The third-order valence-electron chi connectivity index (χ3n) is 5.66. The maximum Gasteiger partial charge on any atom is 0.226 e. The molecule has 2 aromatic carbocycles. The van der Waals surface area contributed by atoms with E-state index in [4.69, 9.17) is 13.9 Å². The van der Waals surface area contributed by atoms with Gasteiger partial charge in [-0.05, 0) is 80.2 Å². The molecule has 1 aliphatic heterocycles. The molecule has 0 bridgehead atoms. The van der Waals surface area contributed by atoms with Gasteiger partial charge in [0.25, 0.3) is 0 Å². The van der Waals surface area contributed by atoms with Crippen LogP contribution in [0.1, 0.15) is 24.1 Å². The molecule has 2 heterocycles. The van der Waals surface area contributed by atoms with Crippen molar-refractivity contribution in [2.75, 3.05) is 27.3 Å². The minimum absolute atomic E-state index is 0.664. The van der Waals surface area contributed by atoms with Gasteiger partial charge in [-0.2, -0.15) is 0 Å². The fraction of sp³-hybridized carbons (Fsp3) is 0.375. The zero-order valence-corrected chi connectivity index (χ0v) is 17.1. The van der Waals surface area contributed by atoms with E-state index in [2.05, 4.69) is 34.1 Å². The van der Waals surface area contributed by atoms with E-state index in [1.165, 1.54) is 18.4 Å². The predicted octanol–water partition coefficient (Wildman–Crippen LogP) is 4.81. The first-order valence-electron chi connectivity index (χ1n) is 10.2. The van der Waals surface area contributed by atoms with E-state index in [0.717, 1.165) is 54.7 Å². The molecule has 152 valence electrons. The van der Waals surface area contributed by atoms with Crippen molar-refractivity contribution in [2.24, 2.45) is 5.92 Å². The topological polar surface area (TPSA) is 47.7 Å². The Hall–Kier alpha value is -2.79. The molecule has 1 aromatic heterocycles. The summed E-state index contributed by atoms with van der Waals surface area (Å²) in [5, 5.41) is 0. The molecule has 0 aliphatic carbocycles. The first-order chi connectivity index (χ1) is 14.2. The fourth-order valence-corrected chi connectivity index (χ4v) is 3.92. The summed E-state index contributed by atoms with van der Waals surface area (Å²) in [5.41, 5.74) is 3.35. The average Bonchev–Trinajstić information content (AvgIpc) is 3.24. The lowest BCUT2D eigenvalue weighted by molar-refractivity contribution is 0.175. The Kier molecular flexibility index (Phi) is 6.15. The molecule has 0 saturated carbocycles. The standard InChI is InChI=1S/C24H28N2O3/c1-27-22-7-3-18(4-8-22)15-19-11-13-26(14-12-19)16-21-17-29-24(25-21)20-5-9-23(28-2)10-6-20/h3-10,17,19H,11-16H2,1-2H3. The van der Waals surface area contributed by atoms with Gasteiger partial charge in [0, 0.05) is 12.1 Å². The molecule has 0 N–H and O–H groups in total. The molecular formula is C24H28N2O3. The molecule has 5 nitrogen and oxygen atoms in total. The van der Waals surface area contributed by atoms with Crippen molar-refractivity contribution in [1.82, 2.24) is 9.88 Å². The number of aromatic nitrogens is 1. The van der Waals surface area contributed by atoms with E-state index in [0.29, 0.717) is 5.89 Å². The van der Waals surface area contributed by atoms with Crippen LogP contribution < -0.4 is 9.47 Å². The predicted molar refractivity (Wildman–Crippen MR) is 113 cm³/mol. The van der Waals surface area contributed by atoms with E-state index >= 15 is 0 Å². The molecular weight excluding hydrogens is 364 g/mol. The highest BCUT2D eigenvalue weighted by Gasteiger charge is 2.20. The van der Waals surface area contributed by atoms with Crippen LogP contribution in [0.2, 0.25) is 0 Å². The number of nitrogens with zero attached hydrogens (tertiary/aromatic N) is 2. The molecule has 5 heteroatoms. The molecule has 0 amide bonds. The first kappa shape index (κ1) is 19.5. The lowest BCUT2D eigenvalue weighted by atomic mass is 9.90. The lowest BCUT2D eigenvalue weighted by Crippen LogP contribution is -2.33. The van der Waals surface area contributed by atoms with Gasteiger partial charge in [0.05, 0.1) is 19.9 Å². The quantitative estimate of drug-likeness (QED) is 0.577. The number of methoxy groups -OCH3 is 2. The summed E-state index contributed by atoms with van der Waals surface area (Å²) in [4.78, 5) is 7.14. The van der Waals surface area contributed by atoms with Crippen molar-refractivity contribution in [3.63, 3.8) is 0 Å². The van der Waals surface area contributed by atoms with Crippen LogP contribution in [0.3, 0.4) is 0 Å².